The molecule has 7 nitrogen and oxygen atoms in total. The number of nitrogens with one attached hydrogen (secondary N) is 2. The predicted molar refractivity (Wildman–Crippen MR) is 102 cm³/mol. The molecule has 0 aliphatic carbocycles. The van der Waals surface area contributed by atoms with Gasteiger partial charge in [-0.15, -0.1) is 0 Å². The fraction of sp³-hybridized carbons (Fsp3) is 0.611. The van der Waals surface area contributed by atoms with Gasteiger partial charge in [0.15, 0.2) is 5.96 Å². The van der Waals surface area contributed by atoms with Gasteiger partial charge in [0.1, 0.15) is 18.1 Å². The van der Waals surface area contributed by atoms with E-state index in [1.165, 1.54) is 0 Å². The summed E-state index contributed by atoms with van der Waals surface area (Å²) in [6.07, 6.45) is 0. The molecule has 1 aromatic rings. The highest BCUT2D eigenvalue weighted by molar-refractivity contribution is 5.79. The Balaban J connectivity index is 1.66. The third-order valence-electron chi connectivity index (χ3n) is 4.43. The van der Waals surface area contributed by atoms with Crippen LogP contribution in [-0.4, -0.2) is 89.4 Å². The van der Waals surface area contributed by atoms with E-state index < -0.39 is 0 Å². The Hall–Kier alpha value is -1.99. The molecule has 1 fully saturated rings. The molecular weight excluding hydrogens is 318 g/mol. The molecule has 1 saturated heterocycles. The molecule has 2 rings (SSSR count). The van der Waals surface area contributed by atoms with Crippen molar-refractivity contribution in [3.8, 4) is 11.5 Å². The van der Waals surface area contributed by atoms with Gasteiger partial charge in [0, 0.05) is 39.3 Å². The number of likely N-dealkylation sites (N-methyl/N-ethyl adjacent to an activating group) is 2. The van der Waals surface area contributed by atoms with Crippen LogP contribution in [0.4, 0.5) is 0 Å². The van der Waals surface area contributed by atoms with Crippen molar-refractivity contribution in [2.24, 2.45) is 4.99 Å². The van der Waals surface area contributed by atoms with E-state index in [0.717, 1.165) is 43.6 Å². The third-order valence-corrected chi connectivity index (χ3v) is 4.43. The molecule has 2 N–H and O–H groups in total. The highest BCUT2D eigenvalue weighted by Gasteiger charge is 2.21. The molecule has 25 heavy (non-hydrogen) atoms. The van der Waals surface area contributed by atoms with Crippen molar-refractivity contribution >= 4 is 5.96 Å². The van der Waals surface area contributed by atoms with Crippen molar-refractivity contribution in [1.29, 1.82) is 0 Å². The zero-order chi connectivity index (χ0) is 18.1. The normalized spacial score (nSPS) is 19.5. The largest absolute Gasteiger partial charge is 0.497 e. The molecule has 0 bridgehead atoms. The number of rotatable bonds is 7. The fourth-order valence-electron chi connectivity index (χ4n) is 2.77. The number of piperazine rings is 1. The van der Waals surface area contributed by atoms with E-state index in [-0.39, 0.29) is 0 Å². The molecule has 1 unspecified atom stereocenters. The molecule has 0 spiro atoms. The van der Waals surface area contributed by atoms with Crippen molar-refractivity contribution in [2.45, 2.75) is 6.04 Å². The minimum atomic E-state index is 0.493. The van der Waals surface area contributed by atoms with E-state index in [0.29, 0.717) is 19.2 Å². The van der Waals surface area contributed by atoms with Gasteiger partial charge >= 0.3 is 0 Å². The SMILES string of the molecule is CN=C(NCCOc1ccc(OC)cc1)NCC1CN(C)CCN1C. The lowest BCUT2D eigenvalue weighted by atomic mass is 10.2. The Kier molecular flexibility index (Phi) is 7.81. The summed E-state index contributed by atoms with van der Waals surface area (Å²) in [5.41, 5.74) is 0. The molecule has 7 heteroatoms. The van der Waals surface area contributed by atoms with Crippen molar-refractivity contribution in [2.75, 3.05) is 67.6 Å². The first kappa shape index (κ1) is 19.3. The predicted octanol–water partition coefficient (Wildman–Crippen LogP) is 0.485. The monoisotopic (exact) mass is 349 g/mol. The lowest BCUT2D eigenvalue weighted by Gasteiger charge is -2.37. The molecule has 1 aliphatic rings. The van der Waals surface area contributed by atoms with Crippen LogP contribution in [0.2, 0.25) is 0 Å². The second-order valence-corrected chi connectivity index (χ2v) is 6.30. The number of nitrogens with zero attached hydrogens (tertiary/aromatic N) is 3. The van der Waals surface area contributed by atoms with Crippen LogP contribution in [0.5, 0.6) is 11.5 Å². The maximum absolute atomic E-state index is 5.71. The summed E-state index contributed by atoms with van der Waals surface area (Å²) in [6.45, 7) is 5.43. The average molecular weight is 349 g/mol. The number of guanidine groups is 1. The number of benzene rings is 1. The zero-order valence-electron chi connectivity index (χ0n) is 15.8. The van der Waals surface area contributed by atoms with Gasteiger partial charge in [-0.1, -0.05) is 0 Å². The average Bonchev–Trinajstić information content (AvgIpc) is 2.64. The first-order valence-electron chi connectivity index (χ1n) is 8.72. The Labute approximate surface area is 151 Å². The second-order valence-electron chi connectivity index (χ2n) is 6.30. The number of methoxy groups -OCH3 is 1. The standard InChI is InChI=1S/C18H31N5O2/c1-19-18(21-13-15-14-22(2)10-11-23(15)3)20-9-12-25-17-7-5-16(24-4)6-8-17/h5-8,15H,9-14H2,1-4H3,(H2,19,20,21). The maximum atomic E-state index is 5.71. The van der Waals surface area contributed by atoms with E-state index >= 15 is 0 Å². The van der Waals surface area contributed by atoms with E-state index in [2.05, 4.69) is 39.5 Å². The minimum absolute atomic E-state index is 0.493. The summed E-state index contributed by atoms with van der Waals surface area (Å²) in [6, 6.07) is 8.08. The molecule has 1 aromatic carbocycles. The molecule has 1 heterocycles. The van der Waals surface area contributed by atoms with Gasteiger partial charge < -0.3 is 25.0 Å². The van der Waals surface area contributed by atoms with Crippen LogP contribution in [0.25, 0.3) is 0 Å². The Morgan fingerprint density at radius 1 is 1.16 bits per heavy atom. The summed E-state index contributed by atoms with van der Waals surface area (Å²) < 4.78 is 10.8. The van der Waals surface area contributed by atoms with E-state index in [1.807, 2.05) is 24.3 Å². The van der Waals surface area contributed by atoms with Crippen molar-refractivity contribution in [1.82, 2.24) is 20.4 Å². The molecule has 0 saturated carbocycles. The minimum Gasteiger partial charge on any atom is -0.497 e. The van der Waals surface area contributed by atoms with Crippen LogP contribution in [0.1, 0.15) is 0 Å². The third kappa shape index (κ3) is 6.43. The Morgan fingerprint density at radius 2 is 1.88 bits per heavy atom. The lowest BCUT2D eigenvalue weighted by molar-refractivity contribution is 0.116. The molecule has 1 atom stereocenters. The van der Waals surface area contributed by atoms with Crippen molar-refractivity contribution in [3.05, 3.63) is 24.3 Å². The molecule has 140 valence electrons. The van der Waals surface area contributed by atoms with Crippen LogP contribution in [0, 0.1) is 0 Å². The molecule has 0 amide bonds. The van der Waals surface area contributed by atoms with E-state index in [9.17, 15) is 0 Å². The van der Waals surface area contributed by atoms with Crippen molar-refractivity contribution in [3.63, 3.8) is 0 Å². The number of hydrogen-bond acceptors (Lipinski definition) is 5. The van der Waals surface area contributed by atoms with Gasteiger partial charge in [-0.05, 0) is 38.4 Å². The topological polar surface area (TPSA) is 61.4 Å². The summed E-state index contributed by atoms with van der Waals surface area (Å²) in [7, 11) is 7.79. The highest BCUT2D eigenvalue weighted by atomic mass is 16.5. The number of ether oxygens (including phenoxy) is 2. The first-order chi connectivity index (χ1) is 12.1. The van der Waals surface area contributed by atoms with Gasteiger partial charge in [-0.2, -0.15) is 0 Å². The quantitative estimate of drug-likeness (QED) is 0.424. The van der Waals surface area contributed by atoms with Gasteiger partial charge in [-0.25, -0.2) is 0 Å². The van der Waals surface area contributed by atoms with Gasteiger partial charge in [0.25, 0.3) is 0 Å². The van der Waals surface area contributed by atoms with Gasteiger partial charge in [0.2, 0.25) is 0 Å². The second kappa shape index (κ2) is 10.1. The zero-order valence-corrected chi connectivity index (χ0v) is 15.8. The summed E-state index contributed by atoms with van der Waals surface area (Å²) in [4.78, 5) is 9.04. The van der Waals surface area contributed by atoms with Gasteiger partial charge in [0.05, 0.1) is 13.7 Å². The van der Waals surface area contributed by atoms with Crippen LogP contribution in [-0.2, 0) is 0 Å². The maximum Gasteiger partial charge on any atom is 0.191 e. The van der Waals surface area contributed by atoms with Crippen LogP contribution in [0.15, 0.2) is 29.3 Å². The first-order valence-corrected chi connectivity index (χ1v) is 8.72. The van der Waals surface area contributed by atoms with Crippen LogP contribution >= 0.6 is 0 Å². The smallest absolute Gasteiger partial charge is 0.191 e. The highest BCUT2D eigenvalue weighted by Crippen LogP contribution is 2.16. The molecular formula is C18H31N5O2. The Morgan fingerprint density at radius 3 is 2.56 bits per heavy atom. The summed E-state index contributed by atoms with van der Waals surface area (Å²) in [5, 5.41) is 6.69. The van der Waals surface area contributed by atoms with Gasteiger partial charge in [-0.3, -0.25) is 9.89 Å². The molecule has 0 aromatic heterocycles. The van der Waals surface area contributed by atoms with E-state index in [4.69, 9.17) is 9.47 Å². The lowest BCUT2D eigenvalue weighted by Crippen LogP contribution is -2.55. The fourth-order valence-corrected chi connectivity index (χ4v) is 2.77. The summed E-state index contributed by atoms with van der Waals surface area (Å²) in [5.74, 6) is 2.46. The summed E-state index contributed by atoms with van der Waals surface area (Å²) >= 11 is 0. The van der Waals surface area contributed by atoms with Crippen LogP contribution < -0.4 is 20.1 Å². The number of aliphatic imine (C=N–C) groups is 1. The Bertz CT molecular complexity index is 535. The number of hydrogen-bond donors (Lipinski definition) is 2. The van der Waals surface area contributed by atoms with E-state index in [1.54, 1.807) is 14.2 Å². The van der Waals surface area contributed by atoms with Crippen LogP contribution in [0.3, 0.4) is 0 Å². The molecule has 0 radical (unpaired) electrons. The molecule has 1 aliphatic heterocycles. The van der Waals surface area contributed by atoms with Crippen molar-refractivity contribution < 1.29 is 9.47 Å².